The molecule has 0 atom stereocenters. The van der Waals surface area contributed by atoms with E-state index in [2.05, 4.69) is 20.8 Å². The number of aromatic hydroxyl groups is 1. The number of aromatic nitrogens is 2. The van der Waals surface area contributed by atoms with Crippen LogP contribution in [-0.2, 0) is 0 Å². The van der Waals surface area contributed by atoms with Gasteiger partial charge in [0, 0.05) is 10.0 Å². The number of carbonyl (C=O) groups is 1. The SMILES string of the molecule is Cc1cn(O)c(=O)n(OC(=O)c2ccc(Br)cc2O)c1=O. The van der Waals surface area contributed by atoms with E-state index < -0.39 is 17.2 Å². The van der Waals surface area contributed by atoms with Gasteiger partial charge in [0.15, 0.2) is 0 Å². The van der Waals surface area contributed by atoms with Gasteiger partial charge in [0.2, 0.25) is 0 Å². The number of benzene rings is 1. The van der Waals surface area contributed by atoms with Gasteiger partial charge in [-0.1, -0.05) is 20.7 Å². The van der Waals surface area contributed by atoms with Crippen LogP contribution in [0.4, 0.5) is 0 Å². The van der Waals surface area contributed by atoms with Crippen molar-refractivity contribution in [1.29, 1.82) is 0 Å². The van der Waals surface area contributed by atoms with Crippen molar-refractivity contribution in [2.75, 3.05) is 0 Å². The van der Waals surface area contributed by atoms with Crippen LogP contribution in [-0.4, -0.2) is 25.7 Å². The lowest BCUT2D eigenvalue weighted by molar-refractivity contribution is 0.0352. The minimum Gasteiger partial charge on any atom is -0.507 e. The van der Waals surface area contributed by atoms with Gasteiger partial charge in [0.25, 0.3) is 5.56 Å². The molecule has 0 radical (unpaired) electrons. The molecule has 0 bridgehead atoms. The molecule has 0 fully saturated rings. The molecule has 0 aliphatic heterocycles. The zero-order chi connectivity index (χ0) is 15.7. The highest BCUT2D eigenvalue weighted by Gasteiger charge is 2.18. The van der Waals surface area contributed by atoms with Crippen LogP contribution in [0.25, 0.3) is 0 Å². The molecule has 0 amide bonds. The molecular weight excluding hydrogens is 348 g/mol. The van der Waals surface area contributed by atoms with Gasteiger partial charge in [0.1, 0.15) is 11.3 Å². The maximum Gasteiger partial charge on any atom is 0.397 e. The topological polar surface area (TPSA) is 111 Å². The highest BCUT2D eigenvalue weighted by molar-refractivity contribution is 9.10. The second-order valence-corrected chi connectivity index (χ2v) is 4.99. The summed E-state index contributed by atoms with van der Waals surface area (Å²) < 4.78 is 0.756. The van der Waals surface area contributed by atoms with Crippen LogP contribution in [0, 0.1) is 6.92 Å². The Balaban J connectivity index is 2.46. The minimum atomic E-state index is -1.24. The third-order valence-electron chi connectivity index (χ3n) is 2.56. The lowest BCUT2D eigenvalue weighted by Crippen LogP contribution is -2.45. The molecule has 0 unspecified atom stereocenters. The maximum absolute atomic E-state index is 11.9. The molecule has 21 heavy (non-hydrogen) atoms. The summed E-state index contributed by atoms with van der Waals surface area (Å²) >= 11 is 3.10. The monoisotopic (exact) mass is 356 g/mol. The van der Waals surface area contributed by atoms with E-state index in [-0.39, 0.29) is 26.3 Å². The summed E-state index contributed by atoms with van der Waals surface area (Å²) in [5.74, 6) is -1.51. The number of carbonyl (C=O) groups excluding carboxylic acids is 1. The van der Waals surface area contributed by atoms with Gasteiger partial charge < -0.3 is 15.2 Å². The molecule has 2 aromatic rings. The van der Waals surface area contributed by atoms with E-state index in [1.54, 1.807) is 0 Å². The fourth-order valence-corrected chi connectivity index (χ4v) is 1.87. The summed E-state index contributed by atoms with van der Waals surface area (Å²) in [7, 11) is 0. The lowest BCUT2D eigenvalue weighted by atomic mass is 10.2. The van der Waals surface area contributed by atoms with Crippen molar-refractivity contribution in [2.45, 2.75) is 6.92 Å². The van der Waals surface area contributed by atoms with Gasteiger partial charge >= 0.3 is 11.7 Å². The molecule has 1 aromatic heterocycles. The van der Waals surface area contributed by atoms with Gasteiger partial charge in [-0.15, -0.1) is 4.73 Å². The van der Waals surface area contributed by atoms with E-state index in [0.29, 0.717) is 4.47 Å². The zero-order valence-electron chi connectivity index (χ0n) is 10.6. The molecule has 0 saturated carbocycles. The first-order valence-corrected chi connectivity index (χ1v) is 6.36. The second kappa shape index (κ2) is 5.44. The van der Waals surface area contributed by atoms with Crippen LogP contribution in [0.3, 0.4) is 0 Å². The molecule has 9 heteroatoms. The predicted octanol–water partition coefficient (Wildman–Crippen LogP) is 0.293. The Hall–Kier alpha value is -2.55. The average molecular weight is 357 g/mol. The molecule has 1 aromatic carbocycles. The number of aryl methyl sites for hydroxylation is 1. The van der Waals surface area contributed by atoms with Crippen molar-refractivity contribution in [3.63, 3.8) is 0 Å². The van der Waals surface area contributed by atoms with Gasteiger partial charge in [-0.05, 0) is 25.1 Å². The third kappa shape index (κ3) is 2.82. The van der Waals surface area contributed by atoms with E-state index in [1.807, 2.05) is 0 Å². The Morgan fingerprint density at radius 3 is 2.62 bits per heavy atom. The molecular formula is C12H9BrN2O6. The van der Waals surface area contributed by atoms with Crippen LogP contribution in [0.1, 0.15) is 15.9 Å². The fourth-order valence-electron chi connectivity index (χ4n) is 1.52. The quantitative estimate of drug-likeness (QED) is 0.748. The Bertz CT molecular complexity index is 804. The third-order valence-corrected chi connectivity index (χ3v) is 3.05. The summed E-state index contributed by atoms with van der Waals surface area (Å²) in [6, 6.07) is 3.97. The van der Waals surface area contributed by atoms with Crippen molar-refractivity contribution in [3.05, 3.63) is 60.8 Å². The smallest absolute Gasteiger partial charge is 0.397 e. The van der Waals surface area contributed by atoms with Crippen molar-refractivity contribution in [2.24, 2.45) is 0 Å². The largest absolute Gasteiger partial charge is 0.507 e. The van der Waals surface area contributed by atoms with Crippen LogP contribution >= 0.6 is 15.9 Å². The van der Waals surface area contributed by atoms with Crippen LogP contribution < -0.4 is 16.1 Å². The van der Waals surface area contributed by atoms with Crippen molar-refractivity contribution < 1.29 is 19.9 Å². The summed E-state index contributed by atoms with van der Waals surface area (Å²) in [6.45, 7) is 1.33. The molecule has 0 saturated heterocycles. The first kappa shape index (κ1) is 14.9. The molecule has 110 valence electrons. The standard InChI is InChI=1S/C12H9BrN2O6/c1-6-5-14(20)12(19)15(10(6)17)21-11(18)8-3-2-7(13)4-9(8)16/h2-5,16,20H,1H3. The Kier molecular flexibility index (Phi) is 3.85. The predicted molar refractivity (Wildman–Crippen MR) is 73.6 cm³/mol. The molecule has 2 N–H and O–H groups in total. The highest BCUT2D eigenvalue weighted by Crippen LogP contribution is 2.22. The molecule has 0 aliphatic carbocycles. The highest BCUT2D eigenvalue weighted by atomic mass is 79.9. The first-order valence-electron chi connectivity index (χ1n) is 5.57. The average Bonchev–Trinajstić information content (AvgIpc) is 2.41. The Morgan fingerprint density at radius 1 is 1.33 bits per heavy atom. The number of phenols is 1. The molecule has 1 heterocycles. The normalized spacial score (nSPS) is 10.4. The summed E-state index contributed by atoms with van der Waals surface area (Å²) in [5.41, 5.74) is -2.38. The molecule has 8 nitrogen and oxygen atoms in total. The summed E-state index contributed by atoms with van der Waals surface area (Å²) in [6.07, 6.45) is 0.895. The zero-order valence-corrected chi connectivity index (χ0v) is 12.2. The molecule has 0 spiro atoms. The number of rotatable bonds is 2. The summed E-state index contributed by atoms with van der Waals surface area (Å²) in [4.78, 5) is 39.8. The molecule has 2 rings (SSSR count). The van der Waals surface area contributed by atoms with E-state index in [0.717, 1.165) is 6.20 Å². The first-order chi connectivity index (χ1) is 9.81. The van der Waals surface area contributed by atoms with Gasteiger partial charge in [-0.25, -0.2) is 9.59 Å². The molecule has 0 aliphatic rings. The van der Waals surface area contributed by atoms with E-state index in [4.69, 9.17) is 0 Å². The van der Waals surface area contributed by atoms with Crippen LogP contribution in [0.5, 0.6) is 5.75 Å². The second-order valence-electron chi connectivity index (χ2n) is 4.08. The van der Waals surface area contributed by atoms with Crippen LogP contribution in [0.15, 0.2) is 38.5 Å². The number of hydrogen-bond donors (Lipinski definition) is 2. The lowest BCUT2D eigenvalue weighted by Gasteiger charge is -2.08. The number of hydrogen-bond acceptors (Lipinski definition) is 6. The van der Waals surface area contributed by atoms with Crippen LogP contribution in [0.2, 0.25) is 0 Å². The van der Waals surface area contributed by atoms with Crippen molar-refractivity contribution in [1.82, 2.24) is 9.46 Å². The summed E-state index contributed by atoms with van der Waals surface area (Å²) in [5, 5.41) is 18.9. The van der Waals surface area contributed by atoms with E-state index in [1.165, 1.54) is 25.1 Å². The Morgan fingerprint density at radius 2 is 2.00 bits per heavy atom. The number of nitrogens with zero attached hydrogens (tertiary/aromatic N) is 2. The van der Waals surface area contributed by atoms with E-state index in [9.17, 15) is 24.7 Å². The fraction of sp³-hybridized carbons (Fsp3) is 0.0833. The van der Waals surface area contributed by atoms with Crippen molar-refractivity contribution >= 4 is 21.9 Å². The Labute approximate surface area is 125 Å². The van der Waals surface area contributed by atoms with Crippen molar-refractivity contribution in [3.8, 4) is 5.75 Å². The van der Waals surface area contributed by atoms with Gasteiger partial charge in [-0.3, -0.25) is 4.79 Å². The van der Waals surface area contributed by atoms with E-state index >= 15 is 0 Å². The van der Waals surface area contributed by atoms with Gasteiger partial charge in [0.05, 0.1) is 6.20 Å². The number of phenolic OH excluding ortho intramolecular Hbond substituents is 1. The van der Waals surface area contributed by atoms with Gasteiger partial charge in [-0.2, -0.15) is 0 Å². The number of halogens is 1. The maximum atomic E-state index is 11.9. The minimum absolute atomic E-state index is 0.00933.